The molecule has 9 heteroatoms. The third-order valence-corrected chi connectivity index (χ3v) is 6.51. The highest BCUT2D eigenvalue weighted by Crippen LogP contribution is 2.31. The second-order valence-corrected chi connectivity index (χ2v) is 8.26. The van der Waals surface area contributed by atoms with Crippen LogP contribution in [0.5, 0.6) is 0 Å². The summed E-state index contributed by atoms with van der Waals surface area (Å²) in [7, 11) is -3.58. The van der Waals surface area contributed by atoms with Crippen LogP contribution >= 0.6 is 12.4 Å². The number of hydrogen-bond acceptors (Lipinski definition) is 5. The molecule has 2 fully saturated rings. The number of amides is 1. The van der Waals surface area contributed by atoms with Gasteiger partial charge in [-0.1, -0.05) is 0 Å². The lowest BCUT2D eigenvalue weighted by Crippen LogP contribution is -2.38. The Kier molecular flexibility index (Phi) is 5.95. The minimum atomic E-state index is -3.58. The second kappa shape index (κ2) is 7.43. The zero-order valence-electron chi connectivity index (χ0n) is 13.7. The summed E-state index contributed by atoms with van der Waals surface area (Å²) in [6.45, 7) is 2.97. The molecule has 2 aliphatic rings. The van der Waals surface area contributed by atoms with E-state index in [1.165, 1.54) is 10.4 Å². The SMILES string of the molecule is Cc1oc(C(=O)NCC(N)C2CC2)cc1S(=O)(=O)N1CCCC1.Cl. The summed E-state index contributed by atoms with van der Waals surface area (Å²) in [6, 6.07) is 1.27. The number of nitrogens with two attached hydrogens (primary N) is 1. The quantitative estimate of drug-likeness (QED) is 0.776. The van der Waals surface area contributed by atoms with Gasteiger partial charge in [0.2, 0.25) is 10.0 Å². The van der Waals surface area contributed by atoms with E-state index in [-0.39, 0.29) is 34.9 Å². The summed E-state index contributed by atoms with van der Waals surface area (Å²) in [4.78, 5) is 12.2. The van der Waals surface area contributed by atoms with Crippen molar-refractivity contribution < 1.29 is 17.6 Å². The normalized spacial score (nSPS) is 19.8. The van der Waals surface area contributed by atoms with Crippen LogP contribution in [0.25, 0.3) is 0 Å². The Labute approximate surface area is 148 Å². The van der Waals surface area contributed by atoms with Gasteiger partial charge >= 0.3 is 0 Å². The molecule has 1 aliphatic carbocycles. The van der Waals surface area contributed by atoms with E-state index in [4.69, 9.17) is 10.2 Å². The number of carbonyl (C=O) groups is 1. The summed E-state index contributed by atoms with van der Waals surface area (Å²) in [6.07, 6.45) is 3.94. The van der Waals surface area contributed by atoms with Crippen LogP contribution in [0.4, 0.5) is 0 Å². The minimum absolute atomic E-state index is 0. The zero-order valence-corrected chi connectivity index (χ0v) is 15.3. The van der Waals surface area contributed by atoms with Crippen LogP contribution in [0.15, 0.2) is 15.4 Å². The number of aryl methyl sites for hydroxylation is 1. The van der Waals surface area contributed by atoms with Crippen molar-refractivity contribution in [2.45, 2.75) is 43.5 Å². The van der Waals surface area contributed by atoms with Crippen LogP contribution in [0.1, 0.15) is 42.0 Å². The molecule has 0 bridgehead atoms. The Bertz CT molecular complexity index is 694. The van der Waals surface area contributed by atoms with E-state index >= 15 is 0 Å². The fraction of sp³-hybridized carbons (Fsp3) is 0.667. The Morgan fingerprint density at radius 2 is 2.04 bits per heavy atom. The average Bonchev–Trinajstić information content (AvgIpc) is 3.05. The van der Waals surface area contributed by atoms with Crippen LogP contribution in [-0.2, 0) is 10.0 Å². The first-order valence-electron chi connectivity index (χ1n) is 8.04. The molecule has 3 rings (SSSR count). The van der Waals surface area contributed by atoms with E-state index in [0.29, 0.717) is 25.6 Å². The van der Waals surface area contributed by atoms with Crippen molar-refractivity contribution >= 4 is 28.3 Å². The molecule has 3 N–H and O–H groups in total. The lowest BCUT2D eigenvalue weighted by molar-refractivity contribution is 0.0921. The molecule has 1 unspecified atom stereocenters. The van der Waals surface area contributed by atoms with E-state index in [0.717, 1.165) is 25.7 Å². The fourth-order valence-corrected chi connectivity index (χ4v) is 4.57. The second-order valence-electron chi connectivity index (χ2n) is 6.35. The fourth-order valence-electron chi connectivity index (χ4n) is 2.89. The van der Waals surface area contributed by atoms with Crippen molar-refractivity contribution in [3.8, 4) is 0 Å². The number of furan rings is 1. The highest BCUT2D eigenvalue weighted by molar-refractivity contribution is 7.89. The van der Waals surface area contributed by atoms with Crippen LogP contribution in [0.3, 0.4) is 0 Å². The first-order valence-corrected chi connectivity index (χ1v) is 9.48. The molecule has 7 nitrogen and oxygen atoms in total. The molecule has 0 spiro atoms. The van der Waals surface area contributed by atoms with E-state index in [2.05, 4.69) is 5.32 Å². The molecular weight excluding hydrogens is 354 g/mol. The molecule has 0 aromatic carbocycles. The predicted molar refractivity (Wildman–Crippen MR) is 91.7 cm³/mol. The number of nitrogens with one attached hydrogen (secondary N) is 1. The van der Waals surface area contributed by atoms with Crippen molar-refractivity contribution in [3.63, 3.8) is 0 Å². The van der Waals surface area contributed by atoms with Gasteiger partial charge in [-0.25, -0.2) is 8.42 Å². The average molecular weight is 378 g/mol. The Morgan fingerprint density at radius 3 is 2.62 bits per heavy atom. The van der Waals surface area contributed by atoms with Gasteiger partial charge in [-0.3, -0.25) is 4.79 Å². The standard InChI is InChI=1S/C15H23N3O4S.ClH/c1-10-14(23(20,21)18-6-2-3-7-18)8-13(22-10)15(19)17-9-12(16)11-4-5-11;/h8,11-12H,2-7,9,16H2,1H3,(H,17,19);1H. The molecule has 136 valence electrons. The largest absolute Gasteiger partial charge is 0.455 e. The molecule has 24 heavy (non-hydrogen) atoms. The summed E-state index contributed by atoms with van der Waals surface area (Å²) in [5, 5.41) is 2.72. The van der Waals surface area contributed by atoms with Gasteiger partial charge in [0.1, 0.15) is 10.7 Å². The molecule has 1 atom stereocenters. The molecule has 1 amide bonds. The summed E-state index contributed by atoms with van der Waals surface area (Å²) >= 11 is 0. The monoisotopic (exact) mass is 377 g/mol. The summed E-state index contributed by atoms with van der Waals surface area (Å²) in [5.41, 5.74) is 5.94. The molecule has 0 radical (unpaired) electrons. The van der Waals surface area contributed by atoms with Crippen molar-refractivity contribution in [1.82, 2.24) is 9.62 Å². The maximum absolute atomic E-state index is 12.6. The van der Waals surface area contributed by atoms with Crippen LogP contribution < -0.4 is 11.1 Å². The van der Waals surface area contributed by atoms with Gasteiger partial charge in [-0.05, 0) is 38.5 Å². The van der Waals surface area contributed by atoms with E-state index in [1.807, 2.05) is 0 Å². The number of sulfonamides is 1. The number of hydrogen-bond donors (Lipinski definition) is 2. The third kappa shape index (κ3) is 3.93. The minimum Gasteiger partial charge on any atom is -0.455 e. The van der Waals surface area contributed by atoms with Gasteiger partial charge in [-0.2, -0.15) is 4.31 Å². The zero-order chi connectivity index (χ0) is 16.6. The number of halogens is 1. The Balaban J connectivity index is 0.00000208. The number of nitrogens with zero attached hydrogens (tertiary/aromatic N) is 1. The number of carbonyl (C=O) groups excluding carboxylic acids is 1. The van der Waals surface area contributed by atoms with Crippen LogP contribution in [-0.4, -0.2) is 44.3 Å². The lowest BCUT2D eigenvalue weighted by atomic mass is 10.2. The molecular formula is C15H24ClN3O4S. The van der Waals surface area contributed by atoms with Gasteiger partial charge in [0.05, 0.1) is 0 Å². The Morgan fingerprint density at radius 1 is 1.42 bits per heavy atom. The number of rotatable bonds is 6. The van der Waals surface area contributed by atoms with Gasteiger partial charge in [0.15, 0.2) is 5.76 Å². The highest BCUT2D eigenvalue weighted by Gasteiger charge is 2.32. The van der Waals surface area contributed by atoms with E-state index in [1.54, 1.807) is 6.92 Å². The van der Waals surface area contributed by atoms with Crippen molar-refractivity contribution in [2.75, 3.05) is 19.6 Å². The molecule has 1 aromatic heterocycles. The van der Waals surface area contributed by atoms with Gasteiger partial charge in [0, 0.05) is 31.7 Å². The van der Waals surface area contributed by atoms with Gasteiger partial charge in [0.25, 0.3) is 5.91 Å². The van der Waals surface area contributed by atoms with Crippen LogP contribution in [0, 0.1) is 12.8 Å². The maximum Gasteiger partial charge on any atom is 0.287 e. The summed E-state index contributed by atoms with van der Waals surface area (Å²) in [5.74, 6) is 0.323. The lowest BCUT2D eigenvalue weighted by Gasteiger charge is -2.14. The molecule has 1 aliphatic heterocycles. The molecule has 1 saturated carbocycles. The predicted octanol–water partition coefficient (Wildman–Crippen LogP) is 1.26. The maximum atomic E-state index is 12.6. The van der Waals surface area contributed by atoms with E-state index in [9.17, 15) is 13.2 Å². The Hall–Kier alpha value is -1.09. The van der Waals surface area contributed by atoms with Crippen molar-refractivity contribution in [2.24, 2.45) is 11.7 Å². The third-order valence-electron chi connectivity index (χ3n) is 4.50. The first-order chi connectivity index (χ1) is 10.9. The van der Waals surface area contributed by atoms with Crippen LogP contribution in [0.2, 0.25) is 0 Å². The van der Waals surface area contributed by atoms with Gasteiger partial charge in [-0.15, -0.1) is 12.4 Å². The highest BCUT2D eigenvalue weighted by atomic mass is 35.5. The first kappa shape index (κ1) is 19.2. The topological polar surface area (TPSA) is 106 Å². The molecule has 1 saturated heterocycles. The summed E-state index contributed by atoms with van der Waals surface area (Å²) < 4.78 is 32.0. The van der Waals surface area contributed by atoms with Crippen molar-refractivity contribution in [1.29, 1.82) is 0 Å². The van der Waals surface area contributed by atoms with Gasteiger partial charge < -0.3 is 15.5 Å². The smallest absolute Gasteiger partial charge is 0.287 e. The molecule has 1 aromatic rings. The molecule has 2 heterocycles. The van der Waals surface area contributed by atoms with E-state index < -0.39 is 15.9 Å². The van der Waals surface area contributed by atoms with Crippen molar-refractivity contribution in [3.05, 3.63) is 17.6 Å².